The summed E-state index contributed by atoms with van der Waals surface area (Å²) in [5.74, 6) is 0.690. The summed E-state index contributed by atoms with van der Waals surface area (Å²) in [4.78, 5) is 12.0. The summed E-state index contributed by atoms with van der Waals surface area (Å²) < 4.78 is 5.66. The molecule has 106 valence electrons. The molecule has 1 fully saturated rings. The van der Waals surface area contributed by atoms with Gasteiger partial charge in [0.2, 0.25) is 0 Å². The predicted octanol–water partition coefficient (Wildman–Crippen LogP) is 4.95. The number of esters is 1. The molecule has 1 aromatic carbocycles. The van der Waals surface area contributed by atoms with E-state index in [1.54, 1.807) is 0 Å². The second-order valence-corrected chi connectivity index (χ2v) is 6.02. The predicted molar refractivity (Wildman–Crippen MR) is 80.3 cm³/mol. The Morgan fingerprint density at radius 3 is 2.45 bits per heavy atom. The molecule has 1 aromatic rings. The van der Waals surface area contributed by atoms with E-state index in [9.17, 15) is 4.79 Å². The molecule has 2 heteroatoms. The van der Waals surface area contributed by atoms with Crippen molar-refractivity contribution in [3.05, 3.63) is 41.0 Å². The van der Waals surface area contributed by atoms with Crippen molar-refractivity contribution >= 4 is 11.7 Å². The van der Waals surface area contributed by atoms with Gasteiger partial charge in [0.05, 0.1) is 5.56 Å². The number of carbonyl (C=O) groups is 1. The quantitative estimate of drug-likeness (QED) is 0.708. The fourth-order valence-electron chi connectivity index (χ4n) is 3.49. The molecule has 0 N–H and O–H groups in total. The van der Waals surface area contributed by atoms with Gasteiger partial charge in [-0.05, 0) is 42.7 Å². The van der Waals surface area contributed by atoms with E-state index in [4.69, 9.17) is 4.74 Å². The summed E-state index contributed by atoms with van der Waals surface area (Å²) >= 11 is 0. The van der Waals surface area contributed by atoms with Gasteiger partial charge in [-0.1, -0.05) is 44.9 Å². The Morgan fingerprint density at radius 1 is 1.15 bits per heavy atom. The van der Waals surface area contributed by atoms with Crippen molar-refractivity contribution in [1.82, 2.24) is 0 Å². The molecule has 0 radical (unpaired) electrons. The van der Waals surface area contributed by atoms with Gasteiger partial charge >= 0.3 is 5.97 Å². The SMILES string of the molecule is CCC/C(=C1\OC(=O)c2ccccc21)C1(CCC)CC1. The largest absolute Gasteiger partial charge is 0.422 e. The van der Waals surface area contributed by atoms with E-state index in [-0.39, 0.29) is 5.97 Å². The Kier molecular flexibility index (Phi) is 3.41. The molecular formula is C18H22O2. The molecule has 1 aliphatic carbocycles. The second-order valence-electron chi connectivity index (χ2n) is 6.02. The average Bonchev–Trinajstić information content (AvgIpc) is 3.16. The number of cyclic esters (lactones) is 1. The first kappa shape index (κ1) is 13.4. The minimum atomic E-state index is -0.184. The first-order valence-electron chi connectivity index (χ1n) is 7.77. The maximum atomic E-state index is 12.0. The third-order valence-electron chi connectivity index (χ3n) is 4.58. The Balaban J connectivity index is 2.09. The number of carbonyl (C=O) groups excluding carboxylic acids is 1. The molecule has 0 amide bonds. The van der Waals surface area contributed by atoms with Gasteiger partial charge in [0, 0.05) is 5.56 Å². The average molecular weight is 270 g/mol. The van der Waals surface area contributed by atoms with Crippen LogP contribution >= 0.6 is 0 Å². The number of ether oxygens (including phenoxy) is 1. The highest BCUT2D eigenvalue weighted by Gasteiger charge is 2.47. The first-order chi connectivity index (χ1) is 9.72. The van der Waals surface area contributed by atoms with E-state index in [0.29, 0.717) is 5.41 Å². The highest BCUT2D eigenvalue weighted by atomic mass is 16.5. The van der Waals surface area contributed by atoms with Gasteiger partial charge in [-0.25, -0.2) is 4.79 Å². The summed E-state index contributed by atoms with van der Waals surface area (Å²) in [5.41, 5.74) is 3.43. The fourth-order valence-corrected chi connectivity index (χ4v) is 3.49. The van der Waals surface area contributed by atoms with E-state index < -0.39 is 0 Å². The molecule has 3 rings (SSSR count). The van der Waals surface area contributed by atoms with Crippen LogP contribution in [0.15, 0.2) is 29.8 Å². The lowest BCUT2D eigenvalue weighted by molar-refractivity contribution is 0.0712. The van der Waals surface area contributed by atoms with Crippen LogP contribution in [0.5, 0.6) is 0 Å². The number of hydrogen-bond acceptors (Lipinski definition) is 2. The van der Waals surface area contributed by atoms with E-state index in [0.717, 1.165) is 29.7 Å². The van der Waals surface area contributed by atoms with Crippen molar-refractivity contribution in [3.8, 4) is 0 Å². The summed E-state index contributed by atoms with van der Waals surface area (Å²) in [5, 5.41) is 0. The lowest BCUT2D eigenvalue weighted by Crippen LogP contribution is -2.08. The number of hydrogen-bond donors (Lipinski definition) is 0. The van der Waals surface area contributed by atoms with E-state index in [1.165, 1.54) is 31.3 Å². The van der Waals surface area contributed by atoms with E-state index in [2.05, 4.69) is 13.8 Å². The zero-order valence-corrected chi connectivity index (χ0v) is 12.4. The fraction of sp³-hybridized carbons (Fsp3) is 0.500. The van der Waals surface area contributed by atoms with Crippen molar-refractivity contribution in [3.63, 3.8) is 0 Å². The number of rotatable bonds is 5. The number of benzene rings is 1. The monoisotopic (exact) mass is 270 g/mol. The van der Waals surface area contributed by atoms with E-state index in [1.807, 2.05) is 24.3 Å². The normalized spacial score (nSPS) is 21.4. The molecule has 0 spiro atoms. The van der Waals surface area contributed by atoms with Crippen molar-refractivity contribution in [2.45, 2.75) is 52.4 Å². The van der Waals surface area contributed by atoms with Crippen molar-refractivity contribution in [2.24, 2.45) is 5.41 Å². The topological polar surface area (TPSA) is 26.3 Å². The Bertz CT molecular complexity index is 565. The van der Waals surface area contributed by atoms with Crippen molar-refractivity contribution in [2.75, 3.05) is 0 Å². The lowest BCUT2D eigenvalue weighted by Gasteiger charge is -2.20. The van der Waals surface area contributed by atoms with Gasteiger partial charge in [-0.15, -0.1) is 0 Å². The Morgan fingerprint density at radius 2 is 1.85 bits per heavy atom. The van der Waals surface area contributed by atoms with Crippen LogP contribution in [-0.4, -0.2) is 5.97 Å². The Hall–Kier alpha value is -1.57. The van der Waals surface area contributed by atoms with Crippen LogP contribution in [0.1, 0.15) is 68.3 Å². The van der Waals surface area contributed by atoms with Gasteiger partial charge in [0.15, 0.2) is 0 Å². The molecule has 0 unspecified atom stereocenters. The minimum Gasteiger partial charge on any atom is -0.422 e. The van der Waals surface area contributed by atoms with Crippen LogP contribution in [0, 0.1) is 5.41 Å². The highest BCUT2D eigenvalue weighted by Crippen LogP contribution is 2.59. The molecule has 0 bridgehead atoms. The smallest absolute Gasteiger partial charge is 0.344 e. The molecule has 0 aromatic heterocycles. The minimum absolute atomic E-state index is 0.184. The van der Waals surface area contributed by atoms with Gasteiger partial charge in [0.1, 0.15) is 5.76 Å². The number of allylic oxidation sites excluding steroid dienone is 1. The summed E-state index contributed by atoms with van der Waals surface area (Å²) in [7, 11) is 0. The van der Waals surface area contributed by atoms with Gasteiger partial charge in [-0.3, -0.25) is 0 Å². The molecule has 20 heavy (non-hydrogen) atoms. The van der Waals surface area contributed by atoms with Crippen molar-refractivity contribution < 1.29 is 9.53 Å². The number of fused-ring (bicyclic) bond motifs is 1. The lowest BCUT2D eigenvalue weighted by atomic mass is 9.85. The van der Waals surface area contributed by atoms with Crippen molar-refractivity contribution in [1.29, 1.82) is 0 Å². The standard InChI is InChI=1S/C18H22O2/c1-3-7-15(18(10-4-2)11-12-18)16-13-8-5-6-9-14(13)17(19)20-16/h5-6,8-9H,3-4,7,10-12H2,1-2H3/b16-15+. The molecule has 1 aliphatic heterocycles. The molecular weight excluding hydrogens is 248 g/mol. The van der Waals surface area contributed by atoms with Crippen LogP contribution in [0.4, 0.5) is 0 Å². The van der Waals surface area contributed by atoms with Crippen LogP contribution in [0.3, 0.4) is 0 Å². The van der Waals surface area contributed by atoms with Gasteiger partial charge in [-0.2, -0.15) is 0 Å². The summed E-state index contributed by atoms with van der Waals surface area (Å²) in [6.07, 6.45) is 7.04. The second kappa shape index (κ2) is 5.08. The maximum absolute atomic E-state index is 12.0. The molecule has 1 saturated carbocycles. The zero-order chi connectivity index (χ0) is 14.2. The van der Waals surface area contributed by atoms with Gasteiger partial charge < -0.3 is 4.74 Å². The summed E-state index contributed by atoms with van der Waals surface area (Å²) in [6.45, 7) is 4.44. The van der Waals surface area contributed by atoms with Crippen LogP contribution in [0.25, 0.3) is 5.76 Å². The first-order valence-corrected chi connectivity index (χ1v) is 7.77. The Labute approximate surface area is 120 Å². The molecule has 2 nitrogen and oxygen atoms in total. The molecule has 0 saturated heterocycles. The molecule has 0 atom stereocenters. The zero-order valence-electron chi connectivity index (χ0n) is 12.4. The third kappa shape index (κ3) is 2.07. The summed E-state index contributed by atoms with van der Waals surface area (Å²) in [6, 6.07) is 7.78. The molecule has 2 aliphatic rings. The van der Waals surface area contributed by atoms with E-state index >= 15 is 0 Å². The third-order valence-corrected chi connectivity index (χ3v) is 4.58. The van der Waals surface area contributed by atoms with Crippen LogP contribution < -0.4 is 0 Å². The van der Waals surface area contributed by atoms with Crippen LogP contribution in [-0.2, 0) is 4.74 Å². The maximum Gasteiger partial charge on any atom is 0.344 e. The molecule has 1 heterocycles. The van der Waals surface area contributed by atoms with Crippen LogP contribution in [0.2, 0.25) is 0 Å². The van der Waals surface area contributed by atoms with Gasteiger partial charge in [0.25, 0.3) is 0 Å². The highest BCUT2D eigenvalue weighted by molar-refractivity contribution is 6.03.